The first kappa shape index (κ1) is 39.2. The van der Waals surface area contributed by atoms with Crippen molar-refractivity contribution >= 4 is 34.2 Å². The number of rotatable bonds is 13. The van der Waals surface area contributed by atoms with E-state index in [1.807, 2.05) is 45.0 Å². The first-order valence-corrected chi connectivity index (χ1v) is 19.2. The molecular weight excluding hydrogens is 666 g/mol. The number of hydrogen-bond donors (Lipinski definition) is 4. The molecule has 1 spiro atoms. The Hall–Kier alpha value is -2.55. The number of likely N-dealkylation sites (tertiary alicyclic amines) is 1. The molecule has 3 heterocycles. The van der Waals surface area contributed by atoms with Gasteiger partial charge in [-0.1, -0.05) is 44.7 Å². The Kier molecular flexibility index (Phi) is 13.3. The van der Waals surface area contributed by atoms with Crippen molar-refractivity contribution in [2.45, 2.75) is 107 Å². The highest BCUT2D eigenvalue weighted by molar-refractivity contribution is 7.89. The summed E-state index contributed by atoms with van der Waals surface area (Å²) in [6.45, 7) is 8.50. The molecule has 0 bridgehead atoms. The summed E-state index contributed by atoms with van der Waals surface area (Å²) in [5.41, 5.74) is 2.75. The number of benzene rings is 1. The van der Waals surface area contributed by atoms with Gasteiger partial charge in [0.2, 0.25) is 21.8 Å². The number of carbonyl (C=O) groups is 2. The van der Waals surface area contributed by atoms with Gasteiger partial charge in [0.25, 0.3) is 0 Å². The minimum atomic E-state index is -3.66. The molecule has 2 saturated heterocycles. The lowest BCUT2D eigenvalue weighted by molar-refractivity contribution is -0.166. The molecule has 5 rings (SSSR count). The Balaban J connectivity index is 0.00000541. The van der Waals surface area contributed by atoms with Crippen LogP contribution in [0.5, 0.6) is 0 Å². The summed E-state index contributed by atoms with van der Waals surface area (Å²) in [5, 5.41) is 21.9. The average molecular weight is 722 g/mol. The number of nitrogens with zero attached hydrogens (tertiary/aromatic N) is 4. The van der Waals surface area contributed by atoms with Gasteiger partial charge in [0, 0.05) is 44.0 Å². The topological polar surface area (TPSA) is 151 Å². The number of carbonyl (C=O) groups excluding carboxylic acids is 2. The van der Waals surface area contributed by atoms with E-state index in [4.69, 9.17) is 0 Å². The zero-order chi connectivity index (χ0) is 34.6. The molecule has 3 aliphatic rings. The Morgan fingerprint density at radius 3 is 2.31 bits per heavy atom. The van der Waals surface area contributed by atoms with Crippen LogP contribution in [0.3, 0.4) is 0 Å². The Bertz CT molecular complexity index is 1500. The number of aromatic amines is 1. The van der Waals surface area contributed by atoms with E-state index in [9.17, 15) is 23.1 Å². The van der Waals surface area contributed by atoms with E-state index in [0.717, 1.165) is 67.5 Å². The van der Waals surface area contributed by atoms with E-state index < -0.39 is 27.7 Å². The summed E-state index contributed by atoms with van der Waals surface area (Å²) in [6.07, 6.45) is 6.69. The largest absolute Gasteiger partial charge is 0.390 e. The van der Waals surface area contributed by atoms with Gasteiger partial charge in [-0.25, -0.2) is 13.1 Å². The molecule has 14 heteroatoms. The van der Waals surface area contributed by atoms with Gasteiger partial charge in [-0.15, -0.1) is 12.4 Å². The number of nitrogens with one attached hydrogen (secondary N) is 3. The standard InChI is InChI=1S/C35H55N7O5S.ClH/c1-6-7-20-42-33(44)30(32(43)27-11-9-8-10-12-27)37-34(45)35(42)17-21-41(22-18-35)31(29-24(2)38-39-25(29)3)26-13-15-28(16-14-26)48(46,47)36-19-23-40(4)5;/h13-16,27,30-32,36,43H,6-12,17-23H2,1-5H3,(H,37,45)(H,38,39);1H/t30-,31?,32-;/m1./s1. The number of aryl methyl sites for hydroxylation is 2. The van der Waals surface area contributed by atoms with Crippen LogP contribution in [0.15, 0.2) is 29.2 Å². The number of hydrogen-bond acceptors (Lipinski definition) is 8. The number of piperidine rings is 1. The molecule has 2 amide bonds. The van der Waals surface area contributed by atoms with Crippen molar-refractivity contribution in [2.75, 3.05) is 46.8 Å². The Morgan fingerprint density at radius 1 is 1.08 bits per heavy atom. The van der Waals surface area contributed by atoms with E-state index >= 15 is 0 Å². The van der Waals surface area contributed by atoms with Crippen LogP contribution in [0.25, 0.3) is 0 Å². The van der Waals surface area contributed by atoms with Crippen molar-refractivity contribution in [3.63, 3.8) is 0 Å². The number of aliphatic hydroxyl groups excluding tert-OH is 1. The van der Waals surface area contributed by atoms with Crippen molar-refractivity contribution < 1.29 is 23.1 Å². The minimum Gasteiger partial charge on any atom is -0.390 e. The van der Waals surface area contributed by atoms with Crippen molar-refractivity contribution in [1.29, 1.82) is 0 Å². The lowest BCUT2D eigenvalue weighted by Gasteiger charge is -2.53. The maximum atomic E-state index is 14.1. The highest BCUT2D eigenvalue weighted by Crippen LogP contribution is 2.40. The summed E-state index contributed by atoms with van der Waals surface area (Å²) in [6, 6.07) is 5.89. The molecule has 3 fully saturated rings. The van der Waals surface area contributed by atoms with Crippen LogP contribution in [0.2, 0.25) is 0 Å². The Morgan fingerprint density at radius 2 is 1.73 bits per heavy atom. The average Bonchev–Trinajstić information content (AvgIpc) is 3.40. The molecule has 0 radical (unpaired) electrons. The van der Waals surface area contributed by atoms with Crippen LogP contribution < -0.4 is 10.0 Å². The number of halogens is 1. The van der Waals surface area contributed by atoms with E-state index in [-0.39, 0.29) is 41.1 Å². The molecule has 1 unspecified atom stereocenters. The number of aromatic nitrogens is 2. The third-order valence-electron chi connectivity index (χ3n) is 10.8. The normalized spacial score (nSPS) is 21.9. The van der Waals surface area contributed by atoms with E-state index in [2.05, 4.69) is 32.1 Å². The zero-order valence-corrected chi connectivity index (χ0v) is 31.3. The highest BCUT2D eigenvalue weighted by Gasteiger charge is 2.55. The van der Waals surface area contributed by atoms with Gasteiger partial charge in [0.15, 0.2) is 0 Å². The van der Waals surface area contributed by atoms with Crippen LogP contribution in [0, 0.1) is 19.8 Å². The second kappa shape index (κ2) is 16.6. The fourth-order valence-electron chi connectivity index (χ4n) is 7.95. The molecule has 2 aliphatic heterocycles. The van der Waals surface area contributed by atoms with Gasteiger partial charge in [-0.05, 0) is 83.7 Å². The monoisotopic (exact) mass is 721 g/mol. The second-order valence-electron chi connectivity index (χ2n) is 14.3. The van der Waals surface area contributed by atoms with E-state index in [1.54, 1.807) is 17.0 Å². The van der Waals surface area contributed by atoms with Crippen molar-refractivity contribution in [2.24, 2.45) is 5.92 Å². The van der Waals surface area contributed by atoms with Crippen LogP contribution >= 0.6 is 12.4 Å². The fourth-order valence-corrected chi connectivity index (χ4v) is 8.97. The molecule has 1 aromatic heterocycles. The molecular formula is C35H56ClN7O5S. The van der Waals surface area contributed by atoms with Crippen LogP contribution in [0.1, 0.15) is 93.3 Å². The quantitative estimate of drug-likeness (QED) is 0.246. The summed E-state index contributed by atoms with van der Waals surface area (Å²) >= 11 is 0. The maximum absolute atomic E-state index is 14.1. The maximum Gasteiger partial charge on any atom is 0.248 e. The molecule has 274 valence electrons. The summed E-state index contributed by atoms with van der Waals surface area (Å²) in [7, 11) is 0.126. The predicted octanol–water partition coefficient (Wildman–Crippen LogP) is 3.28. The number of H-pyrrole nitrogens is 1. The fraction of sp³-hybridized carbons (Fsp3) is 0.686. The lowest BCUT2D eigenvalue weighted by Crippen LogP contribution is -2.75. The summed E-state index contributed by atoms with van der Waals surface area (Å²) in [5.74, 6) is -0.306. The lowest BCUT2D eigenvalue weighted by atomic mass is 9.77. The summed E-state index contributed by atoms with van der Waals surface area (Å²) < 4.78 is 28.6. The predicted molar refractivity (Wildman–Crippen MR) is 192 cm³/mol. The molecule has 4 N–H and O–H groups in total. The van der Waals surface area contributed by atoms with Crippen molar-refractivity contribution in [3.05, 3.63) is 46.8 Å². The number of piperazine rings is 1. The number of unbranched alkanes of at least 4 members (excludes halogenated alkanes) is 1. The Labute approximate surface area is 298 Å². The van der Waals surface area contributed by atoms with Gasteiger partial charge >= 0.3 is 0 Å². The minimum absolute atomic E-state index is 0. The van der Waals surface area contributed by atoms with Gasteiger partial charge in [-0.3, -0.25) is 19.6 Å². The van der Waals surface area contributed by atoms with Gasteiger partial charge in [-0.2, -0.15) is 5.10 Å². The van der Waals surface area contributed by atoms with E-state index in [0.29, 0.717) is 45.6 Å². The summed E-state index contributed by atoms with van der Waals surface area (Å²) in [4.78, 5) is 34.5. The second-order valence-corrected chi connectivity index (χ2v) is 16.0. The van der Waals surface area contributed by atoms with Gasteiger partial charge in [0.1, 0.15) is 11.6 Å². The van der Waals surface area contributed by atoms with Crippen LogP contribution in [-0.4, -0.2) is 115 Å². The first-order chi connectivity index (χ1) is 22.9. The highest BCUT2D eigenvalue weighted by atomic mass is 35.5. The number of aliphatic hydroxyl groups is 1. The molecule has 1 aliphatic carbocycles. The first-order valence-electron chi connectivity index (χ1n) is 17.7. The van der Waals surface area contributed by atoms with Crippen LogP contribution in [0.4, 0.5) is 0 Å². The van der Waals surface area contributed by atoms with E-state index in [1.165, 1.54) is 0 Å². The third-order valence-corrected chi connectivity index (χ3v) is 12.3. The number of likely N-dealkylation sites (N-methyl/N-ethyl adjacent to an activating group) is 1. The molecule has 49 heavy (non-hydrogen) atoms. The number of amides is 2. The molecule has 1 aromatic carbocycles. The van der Waals surface area contributed by atoms with Gasteiger partial charge in [0.05, 0.1) is 22.7 Å². The molecule has 1 saturated carbocycles. The third kappa shape index (κ3) is 8.34. The SMILES string of the molecule is CCCCN1C(=O)[C@@H]([C@H](O)C2CCCCC2)NC(=O)C12CCN(C(c1ccc(S(=O)(=O)NCCN(C)C)cc1)c1c(C)n[nH]c1C)CC2.Cl. The smallest absolute Gasteiger partial charge is 0.248 e. The van der Waals surface area contributed by atoms with Gasteiger partial charge < -0.3 is 20.2 Å². The molecule has 2 aromatic rings. The zero-order valence-electron chi connectivity index (χ0n) is 29.7. The van der Waals surface area contributed by atoms with Crippen LogP contribution in [-0.2, 0) is 19.6 Å². The molecule has 12 nitrogen and oxygen atoms in total. The number of sulfonamides is 1. The van der Waals surface area contributed by atoms with Crippen molar-refractivity contribution in [3.8, 4) is 0 Å². The van der Waals surface area contributed by atoms with Crippen molar-refractivity contribution in [1.82, 2.24) is 34.9 Å². The molecule has 3 atom stereocenters.